The van der Waals surface area contributed by atoms with Crippen molar-refractivity contribution in [3.8, 4) is 5.75 Å². The molecule has 0 radical (unpaired) electrons. The number of thiophene rings is 1. The number of nitrogens with one attached hydrogen (secondary N) is 2. The van der Waals surface area contributed by atoms with Crippen LogP contribution < -0.4 is 15.4 Å². The van der Waals surface area contributed by atoms with Gasteiger partial charge in [0.15, 0.2) is 5.96 Å². The molecule has 1 aromatic carbocycles. The molecule has 28 heavy (non-hydrogen) atoms. The number of benzene rings is 1. The summed E-state index contributed by atoms with van der Waals surface area (Å²) >= 11 is 1.88. The Morgan fingerprint density at radius 2 is 2.18 bits per heavy atom. The largest absolute Gasteiger partial charge is 0.489 e. The van der Waals surface area contributed by atoms with Gasteiger partial charge in [-0.3, -0.25) is 9.89 Å². The average Bonchev–Trinajstić information content (AvgIpc) is 3.17. The van der Waals surface area contributed by atoms with Crippen LogP contribution in [-0.4, -0.2) is 44.1 Å². The number of ether oxygens (including phenoxy) is 1. The van der Waals surface area contributed by atoms with Crippen LogP contribution in [0, 0.1) is 0 Å². The van der Waals surface area contributed by atoms with Crippen LogP contribution in [0.4, 0.5) is 0 Å². The smallest absolute Gasteiger partial charge is 0.191 e. The summed E-state index contributed by atoms with van der Waals surface area (Å²) in [6.07, 6.45) is 2.92. The second-order valence-corrected chi connectivity index (χ2v) is 7.46. The van der Waals surface area contributed by atoms with E-state index in [1.165, 1.54) is 12.0 Å². The second-order valence-electron chi connectivity index (χ2n) is 6.46. The van der Waals surface area contributed by atoms with Crippen molar-refractivity contribution in [2.45, 2.75) is 19.5 Å². The molecule has 3 rings (SSSR count). The van der Waals surface area contributed by atoms with Crippen molar-refractivity contribution in [1.29, 1.82) is 0 Å². The number of rotatable bonds is 8. The average molecular weight is 512 g/mol. The fourth-order valence-electron chi connectivity index (χ4n) is 3.17. The Kier molecular flexibility index (Phi) is 9.80. The Morgan fingerprint density at radius 1 is 1.32 bits per heavy atom. The Hall–Kier alpha value is -1.58. The summed E-state index contributed by atoms with van der Waals surface area (Å²) in [5.41, 5.74) is 2.59. The van der Waals surface area contributed by atoms with Crippen molar-refractivity contribution >= 4 is 41.3 Å². The molecule has 0 bridgehead atoms. The lowest BCUT2D eigenvalue weighted by molar-refractivity contribution is 0.260. The van der Waals surface area contributed by atoms with Gasteiger partial charge in [-0.1, -0.05) is 30.9 Å². The van der Waals surface area contributed by atoms with Crippen molar-refractivity contribution in [3.05, 3.63) is 64.4 Å². The first kappa shape index (κ1) is 22.7. The molecule has 0 unspecified atom stereocenters. The van der Waals surface area contributed by atoms with E-state index in [2.05, 4.69) is 44.6 Å². The molecule has 1 aliphatic rings. The number of hydrogen-bond donors (Lipinski definition) is 2. The van der Waals surface area contributed by atoms with Crippen molar-refractivity contribution in [2.24, 2.45) is 4.99 Å². The van der Waals surface area contributed by atoms with E-state index in [1.807, 2.05) is 29.5 Å². The van der Waals surface area contributed by atoms with E-state index in [0.29, 0.717) is 13.2 Å². The number of guanidine groups is 1. The van der Waals surface area contributed by atoms with E-state index < -0.39 is 0 Å². The van der Waals surface area contributed by atoms with E-state index in [9.17, 15) is 0 Å². The summed E-state index contributed by atoms with van der Waals surface area (Å²) in [6.45, 7) is 8.94. The minimum atomic E-state index is 0. The molecule has 5 nitrogen and oxygen atoms in total. The highest BCUT2D eigenvalue weighted by molar-refractivity contribution is 14.0. The molecule has 2 aromatic rings. The van der Waals surface area contributed by atoms with Crippen LogP contribution in [0.25, 0.3) is 0 Å². The van der Waals surface area contributed by atoms with E-state index in [4.69, 9.17) is 4.74 Å². The Morgan fingerprint density at radius 3 is 3.00 bits per heavy atom. The molecule has 1 aromatic heterocycles. The lowest BCUT2D eigenvalue weighted by Crippen LogP contribution is -2.42. The molecule has 0 saturated heterocycles. The topological polar surface area (TPSA) is 48.9 Å². The normalized spacial score (nSPS) is 14.0. The van der Waals surface area contributed by atoms with Gasteiger partial charge < -0.3 is 15.4 Å². The highest BCUT2D eigenvalue weighted by atomic mass is 127. The third-order valence-electron chi connectivity index (χ3n) is 4.61. The summed E-state index contributed by atoms with van der Waals surface area (Å²) in [6, 6.07) is 10.3. The zero-order valence-corrected chi connectivity index (χ0v) is 19.5. The summed E-state index contributed by atoms with van der Waals surface area (Å²) in [5, 5.41) is 8.98. The summed E-state index contributed by atoms with van der Waals surface area (Å²) in [7, 11) is 1.80. The Balaban J connectivity index is 0.00000280. The highest BCUT2D eigenvalue weighted by Gasteiger charge is 2.16. The molecule has 0 amide bonds. The van der Waals surface area contributed by atoms with Crippen molar-refractivity contribution in [1.82, 2.24) is 15.5 Å². The zero-order valence-electron chi connectivity index (χ0n) is 16.3. The maximum absolute atomic E-state index is 5.71. The summed E-state index contributed by atoms with van der Waals surface area (Å²) in [4.78, 5) is 8.37. The van der Waals surface area contributed by atoms with Crippen molar-refractivity contribution < 1.29 is 4.74 Å². The molecule has 0 spiro atoms. The van der Waals surface area contributed by atoms with Gasteiger partial charge in [0.2, 0.25) is 0 Å². The monoisotopic (exact) mass is 512 g/mol. The minimum Gasteiger partial charge on any atom is -0.489 e. The Bertz CT molecular complexity index is 777. The van der Waals surface area contributed by atoms with E-state index in [0.717, 1.165) is 43.5 Å². The zero-order chi connectivity index (χ0) is 18.9. The SMILES string of the molecule is C=CCOc1ccccc1CNC(=NC)NCCN1CCc2sccc2C1.I. The minimum absolute atomic E-state index is 0. The van der Waals surface area contributed by atoms with Crippen LogP contribution in [0.2, 0.25) is 0 Å². The van der Waals surface area contributed by atoms with E-state index in [-0.39, 0.29) is 24.0 Å². The molecule has 7 heteroatoms. The molecular formula is C21H29IN4OS. The standard InChI is InChI=1S/C21H28N4OS.HI/c1-3-13-26-19-7-5-4-6-17(19)15-24-21(22-2)23-10-12-25-11-8-20-18(16-25)9-14-27-20;/h3-7,9,14H,1,8,10-13,15-16H2,2H3,(H2,22,23,24);1H. The molecule has 1 aliphatic heterocycles. The highest BCUT2D eigenvalue weighted by Crippen LogP contribution is 2.23. The molecule has 0 aliphatic carbocycles. The number of aliphatic imine (C=N–C) groups is 1. The number of fused-ring (bicyclic) bond motifs is 1. The van der Waals surface area contributed by atoms with Crippen LogP contribution in [0.3, 0.4) is 0 Å². The van der Waals surface area contributed by atoms with Crippen LogP contribution in [0.15, 0.2) is 53.4 Å². The van der Waals surface area contributed by atoms with Gasteiger partial charge in [-0.05, 0) is 29.5 Å². The molecule has 0 atom stereocenters. The maximum Gasteiger partial charge on any atom is 0.191 e. The quantitative estimate of drug-likeness (QED) is 0.246. The predicted molar refractivity (Wildman–Crippen MR) is 129 cm³/mol. The predicted octanol–water partition coefficient (Wildman–Crippen LogP) is 3.65. The number of halogens is 1. The van der Waals surface area contributed by atoms with Crippen molar-refractivity contribution in [3.63, 3.8) is 0 Å². The Labute approximate surface area is 188 Å². The molecule has 152 valence electrons. The van der Waals surface area contributed by atoms with Gasteiger partial charge in [-0.2, -0.15) is 0 Å². The third-order valence-corrected chi connectivity index (χ3v) is 5.63. The molecule has 2 heterocycles. The van der Waals surface area contributed by atoms with Gasteiger partial charge >= 0.3 is 0 Å². The first-order chi connectivity index (χ1) is 13.3. The summed E-state index contributed by atoms with van der Waals surface area (Å²) < 4.78 is 5.71. The molecule has 0 saturated carbocycles. The van der Waals surface area contributed by atoms with E-state index in [1.54, 1.807) is 18.0 Å². The van der Waals surface area contributed by atoms with Gasteiger partial charge in [0.05, 0.1) is 0 Å². The number of nitrogens with zero attached hydrogens (tertiary/aromatic N) is 2. The van der Waals surface area contributed by atoms with Gasteiger partial charge in [-0.15, -0.1) is 35.3 Å². The lowest BCUT2D eigenvalue weighted by atomic mass is 10.1. The lowest BCUT2D eigenvalue weighted by Gasteiger charge is -2.27. The first-order valence-electron chi connectivity index (χ1n) is 9.34. The van der Waals surface area contributed by atoms with Gasteiger partial charge in [0, 0.05) is 50.2 Å². The van der Waals surface area contributed by atoms with Crippen molar-refractivity contribution in [2.75, 3.05) is 33.3 Å². The van der Waals surface area contributed by atoms with Crippen LogP contribution in [0.1, 0.15) is 16.0 Å². The van der Waals surface area contributed by atoms with Gasteiger partial charge in [-0.25, -0.2) is 0 Å². The molecule has 0 fully saturated rings. The van der Waals surface area contributed by atoms with Crippen LogP contribution >= 0.6 is 35.3 Å². The van der Waals surface area contributed by atoms with Gasteiger partial charge in [0.1, 0.15) is 12.4 Å². The summed E-state index contributed by atoms with van der Waals surface area (Å²) in [5.74, 6) is 1.68. The fourth-order valence-corrected chi connectivity index (χ4v) is 4.06. The first-order valence-corrected chi connectivity index (χ1v) is 10.2. The molecule has 2 N–H and O–H groups in total. The van der Waals surface area contributed by atoms with Crippen LogP contribution in [-0.2, 0) is 19.5 Å². The molecular weight excluding hydrogens is 483 g/mol. The van der Waals surface area contributed by atoms with Gasteiger partial charge in [0.25, 0.3) is 0 Å². The second kappa shape index (κ2) is 12.1. The fraction of sp³-hybridized carbons (Fsp3) is 0.381. The number of hydrogen-bond acceptors (Lipinski definition) is 4. The maximum atomic E-state index is 5.71. The third kappa shape index (κ3) is 6.49. The van der Waals surface area contributed by atoms with Crippen LogP contribution in [0.5, 0.6) is 5.75 Å². The number of para-hydroxylation sites is 1. The van der Waals surface area contributed by atoms with E-state index >= 15 is 0 Å².